The fourth-order valence-corrected chi connectivity index (χ4v) is 1.92. The van der Waals surface area contributed by atoms with Gasteiger partial charge in [0.05, 0.1) is 13.7 Å². The molecule has 1 aromatic carbocycles. The van der Waals surface area contributed by atoms with Crippen LogP contribution in [0.25, 0.3) is 0 Å². The second kappa shape index (κ2) is 6.78. The highest BCUT2D eigenvalue weighted by Gasteiger charge is 2.21. The standard InChI is InChI=1S/C15H23NO3/c1-11(16)7-13-5-6-14(17-2)8-15(13)19-10-18-9-12-3-4-12/h5-6,8,11-12H,3-4,7,9-10,16H2,1-2H3. The first-order valence-corrected chi connectivity index (χ1v) is 6.82. The highest BCUT2D eigenvalue weighted by atomic mass is 16.7. The van der Waals surface area contributed by atoms with Crippen molar-refractivity contribution in [3.8, 4) is 11.5 Å². The Balaban J connectivity index is 1.92. The van der Waals surface area contributed by atoms with Crippen molar-refractivity contribution >= 4 is 0 Å². The molecule has 0 amide bonds. The Kier molecular flexibility index (Phi) is 5.05. The largest absolute Gasteiger partial charge is 0.497 e. The molecule has 0 bridgehead atoms. The third kappa shape index (κ3) is 4.73. The van der Waals surface area contributed by atoms with E-state index in [1.807, 2.05) is 25.1 Å². The zero-order chi connectivity index (χ0) is 13.7. The number of nitrogens with two attached hydrogens (primary N) is 1. The second-order valence-corrected chi connectivity index (χ2v) is 5.23. The van der Waals surface area contributed by atoms with Crippen molar-refractivity contribution in [2.24, 2.45) is 11.7 Å². The van der Waals surface area contributed by atoms with E-state index >= 15 is 0 Å². The van der Waals surface area contributed by atoms with Gasteiger partial charge in [0, 0.05) is 12.1 Å². The topological polar surface area (TPSA) is 53.7 Å². The molecule has 1 atom stereocenters. The van der Waals surface area contributed by atoms with Gasteiger partial charge < -0.3 is 19.9 Å². The van der Waals surface area contributed by atoms with Crippen LogP contribution < -0.4 is 15.2 Å². The Bertz CT molecular complexity index is 402. The number of rotatable bonds is 8. The van der Waals surface area contributed by atoms with Gasteiger partial charge >= 0.3 is 0 Å². The van der Waals surface area contributed by atoms with Crippen molar-refractivity contribution in [2.75, 3.05) is 20.5 Å². The molecule has 4 nitrogen and oxygen atoms in total. The van der Waals surface area contributed by atoms with Gasteiger partial charge in [0.1, 0.15) is 11.5 Å². The number of benzene rings is 1. The molecule has 0 radical (unpaired) electrons. The third-order valence-corrected chi connectivity index (χ3v) is 3.16. The first-order valence-electron chi connectivity index (χ1n) is 6.82. The molecule has 1 unspecified atom stereocenters. The lowest BCUT2D eigenvalue weighted by Crippen LogP contribution is -2.18. The molecule has 1 aliphatic rings. The van der Waals surface area contributed by atoms with Crippen molar-refractivity contribution in [3.63, 3.8) is 0 Å². The van der Waals surface area contributed by atoms with Gasteiger partial charge in [0.15, 0.2) is 6.79 Å². The van der Waals surface area contributed by atoms with Gasteiger partial charge in [0.25, 0.3) is 0 Å². The van der Waals surface area contributed by atoms with Crippen LogP contribution in [0.2, 0.25) is 0 Å². The maximum absolute atomic E-state index is 5.85. The summed E-state index contributed by atoms with van der Waals surface area (Å²) in [6.07, 6.45) is 3.35. The lowest BCUT2D eigenvalue weighted by molar-refractivity contribution is 0.00934. The molecule has 0 aromatic heterocycles. The molecular weight excluding hydrogens is 242 g/mol. The summed E-state index contributed by atoms with van der Waals surface area (Å²) in [5.41, 5.74) is 6.94. The van der Waals surface area contributed by atoms with Gasteiger partial charge in [-0.1, -0.05) is 6.07 Å². The van der Waals surface area contributed by atoms with E-state index in [0.717, 1.165) is 36.0 Å². The second-order valence-electron chi connectivity index (χ2n) is 5.23. The van der Waals surface area contributed by atoms with Crippen molar-refractivity contribution < 1.29 is 14.2 Å². The van der Waals surface area contributed by atoms with Crippen molar-refractivity contribution in [2.45, 2.75) is 32.2 Å². The normalized spacial score (nSPS) is 16.2. The summed E-state index contributed by atoms with van der Waals surface area (Å²) < 4.78 is 16.4. The molecule has 106 valence electrons. The van der Waals surface area contributed by atoms with Gasteiger partial charge in [-0.25, -0.2) is 0 Å². The highest BCUT2D eigenvalue weighted by molar-refractivity contribution is 5.41. The number of hydrogen-bond donors (Lipinski definition) is 1. The number of methoxy groups -OCH3 is 1. The molecule has 19 heavy (non-hydrogen) atoms. The van der Waals surface area contributed by atoms with E-state index in [2.05, 4.69) is 0 Å². The highest BCUT2D eigenvalue weighted by Crippen LogP contribution is 2.29. The Morgan fingerprint density at radius 2 is 2.16 bits per heavy atom. The molecule has 4 heteroatoms. The smallest absolute Gasteiger partial charge is 0.189 e. The van der Waals surface area contributed by atoms with E-state index in [-0.39, 0.29) is 12.8 Å². The average molecular weight is 265 g/mol. The number of ether oxygens (including phenoxy) is 3. The minimum absolute atomic E-state index is 0.100. The summed E-state index contributed by atoms with van der Waals surface area (Å²) in [6, 6.07) is 5.91. The summed E-state index contributed by atoms with van der Waals surface area (Å²) in [7, 11) is 1.65. The van der Waals surface area contributed by atoms with Crippen molar-refractivity contribution in [1.82, 2.24) is 0 Å². The maximum Gasteiger partial charge on any atom is 0.189 e. The zero-order valence-electron chi connectivity index (χ0n) is 11.7. The van der Waals surface area contributed by atoms with E-state index in [1.165, 1.54) is 12.8 Å². The summed E-state index contributed by atoms with van der Waals surface area (Å²) in [5.74, 6) is 2.33. The zero-order valence-corrected chi connectivity index (χ0v) is 11.7. The van der Waals surface area contributed by atoms with Crippen LogP contribution in [0.4, 0.5) is 0 Å². The average Bonchev–Trinajstić information content (AvgIpc) is 3.19. The molecule has 0 heterocycles. The van der Waals surface area contributed by atoms with Gasteiger partial charge in [-0.3, -0.25) is 0 Å². The van der Waals surface area contributed by atoms with E-state index in [9.17, 15) is 0 Å². The molecule has 1 saturated carbocycles. The van der Waals surface area contributed by atoms with E-state index in [4.69, 9.17) is 19.9 Å². The van der Waals surface area contributed by atoms with E-state index in [0.29, 0.717) is 0 Å². The molecule has 2 N–H and O–H groups in total. The molecule has 1 aliphatic carbocycles. The number of hydrogen-bond acceptors (Lipinski definition) is 4. The van der Waals surface area contributed by atoms with Crippen LogP contribution in [0.3, 0.4) is 0 Å². The van der Waals surface area contributed by atoms with E-state index in [1.54, 1.807) is 7.11 Å². The molecule has 0 aliphatic heterocycles. The summed E-state index contributed by atoms with van der Waals surface area (Å²) in [6.45, 7) is 3.07. The third-order valence-electron chi connectivity index (χ3n) is 3.16. The molecular formula is C15H23NO3. The van der Waals surface area contributed by atoms with Gasteiger partial charge in [-0.2, -0.15) is 0 Å². The summed E-state index contributed by atoms with van der Waals surface area (Å²) >= 11 is 0. The Labute approximate surface area is 114 Å². The van der Waals surface area contributed by atoms with Crippen LogP contribution in [0.15, 0.2) is 18.2 Å². The quantitative estimate of drug-likeness (QED) is 0.579. The Morgan fingerprint density at radius 1 is 1.37 bits per heavy atom. The monoisotopic (exact) mass is 265 g/mol. The van der Waals surface area contributed by atoms with Crippen LogP contribution in [-0.4, -0.2) is 26.6 Å². The van der Waals surface area contributed by atoms with Crippen LogP contribution in [0, 0.1) is 5.92 Å². The van der Waals surface area contributed by atoms with Gasteiger partial charge in [0.2, 0.25) is 0 Å². The Morgan fingerprint density at radius 3 is 2.79 bits per heavy atom. The van der Waals surface area contributed by atoms with Gasteiger partial charge in [-0.05, 0) is 43.7 Å². The molecule has 2 rings (SSSR count). The van der Waals surface area contributed by atoms with Crippen LogP contribution in [0.1, 0.15) is 25.3 Å². The first-order chi connectivity index (χ1) is 9.19. The fraction of sp³-hybridized carbons (Fsp3) is 0.600. The predicted octanol–water partition coefficient (Wildman–Crippen LogP) is 2.35. The molecule has 1 aromatic rings. The molecule has 0 saturated heterocycles. The van der Waals surface area contributed by atoms with Crippen LogP contribution in [-0.2, 0) is 11.2 Å². The Hall–Kier alpha value is -1.26. The predicted molar refractivity (Wildman–Crippen MR) is 74.5 cm³/mol. The summed E-state index contributed by atoms with van der Waals surface area (Å²) in [4.78, 5) is 0. The maximum atomic E-state index is 5.85. The molecule has 1 fully saturated rings. The van der Waals surface area contributed by atoms with Crippen molar-refractivity contribution in [1.29, 1.82) is 0 Å². The van der Waals surface area contributed by atoms with E-state index < -0.39 is 0 Å². The summed E-state index contributed by atoms with van der Waals surface area (Å²) in [5, 5.41) is 0. The first kappa shape index (κ1) is 14.2. The van der Waals surface area contributed by atoms with Crippen LogP contribution >= 0.6 is 0 Å². The fourth-order valence-electron chi connectivity index (χ4n) is 1.92. The van der Waals surface area contributed by atoms with Crippen molar-refractivity contribution in [3.05, 3.63) is 23.8 Å². The lowest BCUT2D eigenvalue weighted by Gasteiger charge is -2.14. The van der Waals surface area contributed by atoms with Crippen LogP contribution in [0.5, 0.6) is 11.5 Å². The lowest BCUT2D eigenvalue weighted by atomic mass is 10.1. The minimum atomic E-state index is 0.100. The molecule has 0 spiro atoms. The SMILES string of the molecule is COc1ccc(CC(C)N)c(OCOCC2CC2)c1. The van der Waals surface area contributed by atoms with Gasteiger partial charge in [-0.15, -0.1) is 0 Å². The minimum Gasteiger partial charge on any atom is -0.497 e.